The Balaban J connectivity index is 0. The third kappa shape index (κ3) is 12.2. The van der Waals surface area contributed by atoms with E-state index in [0.717, 1.165) is 23.8 Å². The van der Waals surface area contributed by atoms with Gasteiger partial charge in [-0.2, -0.15) is 18.3 Å². The molecular formula is C22H36NO2Y2-. The van der Waals surface area contributed by atoms with Gasteiger partial charge in [0, 0.05) is 83.3 Å². The average molecular weight is 524 g/mol. The molecule has 0 aromatic heterocycles. The van der Waals surface area contributed by atoms with Gasteiger partial charge in [0.2, 0.25) is 0 Å². The Kier molecular flexibility index (Phi) is 17.4. The van der Waals surface area contributed by atoms with Crippen LogP contribution in [0.25, 0.3) is 0 Å². The van der Waals surface area contributed by atoms with Crippen LogP contribution in [0.3, 0.4) is 0 Å². The zero-order chi connectivity index (χ0) is 19.0. The van der Waals surface area contributed by atoms with E-state index < -0.39 is 0 Å². The zero-order valence-electron chi connectivity index (χ0n) is 18.0. The van der Waals surface area contributed by atoms with E-state index in [1.165, 1.54) is 31.1 Å². The second-order valence-corrected chi connectivity index (χ2v) is 7.63. The Morgan fingerprint density at radius 2 is 1.56 bits per heavy atom. The van der Waals surface area contributed by atoms with Gasteiger partial charge in [0.1, 0.15) is 0 Å². The van der Waals surface area contributed by atoms with Crippen LogP contribution in [-0.2, 0) is 74.9 Å². The van der Waals surface area contributed by atoms with Crippen LogP contribution in [0.15, 0.2) is 34.9 Å². The number of hydrogen-bond acceptors (Lipinski definition) is 2. The number of carbonyl (C=O) groups excluding carboxylic acids is 1. The molecule has 2 radical (unpaired) electrons. The maximum absolute atomic E-state index is 10.8. The predicted molar refractivity (Wildman–Crippen MR) is 104 cm³/mol. The summed E-state index contributed by atoms with van der Waals surface area (Å²) in [5, 5.41) is 0. The average Bonchev–Trinajstić information content (AvgIpc) is 3.22. The van der Waals surface area contributed by atoms with Crippen molar-refractivity contribution in [2.24, 2.45) is 17.8 Å². The molecule has 5 heteroatoms. The molecule has 3 aliphatic carbocycles. The fourth-order valence-corrected chi connectivity index (χ4v) is 3.26. The molecule has 0 spiro atoms. The van der Waals surface area contributed by atoms with Gasteiger partial charge in [0.25, 0.3) is 0 Å². The van der Waals surface area contributed by atoms with E-state index in [0.29, 0.717) is 12.0 Å². The number of methoxy groups -OCH3 is 1. The van der Waals surface area contributed by atoms with E-state index in [4.69, 9.17) is 0 Å². The summed E-state index contributed by atoms with van der Waals surface area (Å²) in [6.45, 7) is 10.9. The Morgan fingerprint density at radius 1 is 1.00 bits per heavy atom. The van der Waals surface area contributed by atoms with Crippen molar-refractivity contribution in [2.75, 3.05) is 7.11 Å². The molecule has 0 saturated carbocycles. The van der Waals surface area contributed by atoms with Gasteiger partial charge in [-0.15, -0.1) is 24.1 Å². The molecule has 0 fully saturated rings. The molecule has 3 aliphatic rings. The number of hydrogen-bond donors (Lipinski definition) is 1. The van der Waals surface area contributed by atoms with Crippen molar-refractivity contribution in [2.45, 2.75) is 59.9 Å². The fraction of sp³-hybridized carbons (Fsp3) is 0.591. The summed E-state index contributed by atoms with van der Waals surface area (Å²) in [6, 6.07) is 0.648. The molecule has 27 heavy (non-hydrogen) atoms. The smallest absolute Gasteiger partial charge is 0.330 e. The van der Waals surface area contributed by atoms with Crippen LogP contribution in [-0.4, -0.2) is 19.1 Å². The molecule has 3 unspecified atom stereocenters. The van der Waals surface area contributed by atoms with E-state index in [-0.39, 0.29) is 71.4 Å². The Labute approximate surface area is 217 Å². The van der Waals surface area contributed by atoms with Gasteiger partial charge >= 0.3 is 5.97 Å². The number of ether oxygens (including phenoxy) is 1. The molecule has 0 saturated heterocycles. The van der Waals surface area contributed by atoms with Crippen molar-refractivity contribution < 1.29 is 80.7 Å². The number of carbonyl (C=O) groups is 1. The molecule has 0 heterocycles. The monoisotopic (exact) mass is 524 g/mol. The first-order valence-corrected chi connectivity index (χ1v) is 9.36. The third-order valence-corrected chi connectivity index (χ3v) is 4.86. The van der Waals surface area contributed by atoms with Gasteiger partial charge in [-0.1, -0.05) is 32.4 Å². The minimum atomic E-state index is -0.194. The second kappa shape index (κ2) is 15.7. The van der Waals surface area contributed by atoms with E-state index in [1.54, 1.807) is 0 Å². The summed E-state index contributed by atoms with van der Waals surface area (Å²) in [5.41, 5.74) is 7.84. The first kappa shape index (κ1) is 30.1. The van der Waals surface area contributed by atoms with Crippen molar-refractivity contribution in [3.63, 3.8) is 0 Å². The van der Waals surface area contributed by atoms with E-state index in [9.17, 15) is 4.79 Å². The van der Waals surface area contributed by atoms with Gasteiger partial charge < -0.3 is 23.3 Å². The molecule has 0 aliphatic heterocycles. The normalized spacial score (nSPS) is 28.0. The fourth-order valence-electron chi connectivity index (χ4n) is 3.26. The van der Waals surface area contributed by atoms with Crippen molar-refractivity contribution in [3.8, 4) is 0 Å². The minimum Gasteiger partial charge on any atom is -0.466 e. The van der Waals surface area contributed by atoms with Crippen molar-refractivity contribution in [1.29, 1.82) is 0 Å². The summed E-state index contributed by atoms with van der Waals surface area (Å²) >= 11 is 0. The largest absolute Gasteiger partial charge is 0.466 e. The van der Waals surface area contributed by atoms with Crippen molar-refractivity contribution in [1.82, 2.24) is 0 Å². The van der Waals surface area contributed by atoms with E-state index in [2.05, 4.69) is 70.1 Å². The van der Waals surface area contributed by atoms with Crippen LogP contribution in [0.5, 0.6) is 0 Å². The zero-order valence-corrected chi connectivity index (χ0v) is 23.7. The first-order chi connectivity index (χ1) is 11.7. The Morgan fingerprint density at radius 3 is 1.78 bits per heavy atom. The van der Waals surface area contributed by atoms with Crippen LogP contribution in [0.2, 0.25) is 0 Å². The molecular weight excluding hydrogens is 488 g/mol. The van der Waals surface area contributed by atoms with E-state index >= 15 is 0 Å². The van der Waals surface area contributed by atoms with Crippen molar-refractivity contribution in [3.05, 3.63) is 47.8 Å². The SMILES string of the molecule is CC1=CC(C)[C@@H]([NH3+])C1.CC1=CC(C)[CH-]C1.COC(=O)C1=CC(C)[CH-]C1.[Y].[Y]. The van der Waals surface area contributed by atoms with Crippen LogP contribution < -0.4 is 5.73 Å². The summed E-state index contributed by atoms with van der Waals surface area (Å²) in [5.74, 6) is 1.68. The molecule has 4 atom stereocenters. The summed E-state index contributed by atoms with van der Waals surface area (Å²) < 4.78 is 4.56. The predicted octanol–water partition coefficient (Wildman–Crippen LogP) is 4.08. The van der Waals surface area contributed by atoms with Crippen LogP contribution in [0, 0.1) is 30.6 Å². The number of esters is 1. The van der Waals surface area contributed by atoms with Crippen LogP contribution in [0.1, 0.15) is 53.9 Å². The Hall–Kier alpha value is 0.858. The van der Waals surface area contributed by atoms with Gasteiger partial charge in [0.15, 0.2) is 0 Å². The van der Waals surface area contributed by atoms with Gasteiger partial charge in [-0.05, 0) is 13.8 Å². The van der Waals surface area contributed by atoms with Crippen LogP contribution in [0.4, 0.5) is 0 Å². The molecule has 148 valence electrons. The quantitative estimate of drug-likeness (QED) is 0.320. The second-order valence-electron chi connectivity index (χ2n) is 7.63. The van der Waals surface area contributed by atoms with Gasteiger partial charge in [-0.25, -0.2) is 4.79 Å². The minimum absolute atomic E-state index is 0. The molecule has 0 bridgehead atoms. The molecule has 3 rings (SSSR count). The summed E-state index contributed by atoms with van der Waals surface area (Å²) in [4.78, 5) is 10.8. The molecule has 0 aromatic rings. The van der Waals surface area contributed by atoms with Gasteiger partial charge in [-0.3, -0.25) is 0 Å². The maximum atomic E-state index is 10.8. The van der Waals surface area contributed by atoms with E-state index in [1.807, 2.05) is 6.08 Å². The number of quaternary nitrogens is 1. The third-order valence-electron chi connectivity index (χ3n) is 4.86. The Bertz CT molecular complexity index is 540. The van der Waals surface area contributed by atoms with Crippen LogP contribution >= 0.6 is 0 Å². The molecule has 3 N–H and O–H groups in total. The topological polar surface area (TPSA) is 53.9 Å². The summed E-state index contributed by atoms with van der Waals surface area (Å²) in [6.07, 6.45) is 14.2. The van der Waals surface area contributed by atoms with Crippen molar-refractivity contribution >= 4 is 5.97 Å². The maximum Gasteiger partial charge on any atom is 0.330 e. The number of allylic oxidation sites excluding steroid dienone is 3. The number of rotatable bonds is 1. The molecule has 3 nitrogen and oxygen atoms in total. The summed E-state index contributed by atoms with van der Waals surface area (Å²) in [7, 11) is 1.41. The standard InChI is InChI=1S/C8H11O2.C7H13N.C7H11.2Y/c1-6-3-4-7(5-6)8(9)10-2;1-5-3-6(2)7(8)4-5;1-6-3-4-7(2)5-6;;/h3,5-6H,4H2,1-2H3;3,6-7H,4,8H2,1-2H3;3,5-6H,4H2,1-2H3;;/q-1;;-1;;/p+1/t;6?,7-;;;/m.0.../s1. The first-order valence-electron chi connectivity index (χ1n) is 9.36. The van der Waals surface area contributed by atoms with Gasteiger partial charge in [0.05, 0.1) is 13.2 Å². The molecule has 0 aromatic carbocycles. The molecule has 0 amide bonds.